The van der Waals surface area contributed by atoms with Crippen LogP contribution in [0.4, 0.5) is 11.4 Å². The second-order valence-corrected chi connectivity index (χ2v) is 11.6. The molecule has 5 N–H and O–H groups in total. The van der Waals surface area contributed by atoms with Gasteiger partial charge in [0.1, 0.15) is 26.9 Å². The Morgan fingerprint density at radius 1 is 0.583 bits per heavy atom. The second-order valence-electron chi connectivity index (χ2n) is 7.37. The average molecular weight is 555 g/mol. The van der Waals surface area contributed by atoms with Gasteiger partial charge in [-0.2, -0.15) is 25.3 Å². The molecule has 36 heavy (non-hydrogen) atoms. The Morgan fingerprint density at radius 3 is 1.75 bits per heavy atom. The smallest absolute Gasteiger partial charge is 0.298 e. The summed E-state index contributed by atoms with van der Waals surface area (Å²) in [7, 11) is -14.5. The minimum atomic E-state index is -5.05. The van der Waals surface area contributed by atoms with E-state index in [0.29, 0.717) is 0 Å². The highest BCUT2D eigenvalue weighted by Gasteiger charge is 2.24. The maximum atomic E-state index is 11.8. The summed E-state index contributed by atoms with van der Waals surface area (Å²) in [5.74, 6) is -1.81. The topological polar surface area (TPSA) is 228 Å². The first-order valence-electron chi connectivity index (χ1n) is 9.47. The molecule has 0 atom stereocenters. The van der Waals surface area contributed by atoms with Crippen LogP contribution in [0.25, 0.3) is 21.5 Å². The Kier molecular flexibility index (Phi) is 5.98. The number of benzene rings is 4. The number of hydrogen-bond acceptors (Lipinski definition) is 10. The summed E-state index contributed by atoms with van der Waals surface area (Å²) < 4.78 is 98.3. The van der Waals surface area contributed by atoms with Gasteiger partial charge in [0.25, 0.3) is 30.4 Å². The molecule has 4 rings (SSSR count). The molecule has 0 aromatic heterocycles. The SMILES string of the molecule is O=S(=O)(O)c1ccc2c(/N=N/c3c(O)cc(S(=O)(=O)O)c4ccccc34)c(O)c(S(=O)(=O)O)cc2c1. The van der Waals surface area contributed by atoms with Crippen molar-refractivity contribution in [3.63, 3.8) is 0 Å². The second kappa shape index (κ2) is 8.47. The summed E-state index contributed by atoms with van der Waals surface area (Å²) in [6, 6.07) is 9.96. The van der Waals surface area contributed by atoms with Gasteiger partial charge in [-0.1, -0.05) is 30.3 Å². The lowest BCUT2D eigenvalue weighted by Gasteiger charge is -2.11. The Balaban J connectivity index is 2.04. The summed E-state index contributed by atoms with van der Waals surface area (Å²) in [6.45, 7) is 0. The van der Waals surface area contributed by atoms with Crippen LogP contribution in [0.5, 0.6) is 11.5 Å². The van der Waals surface area contributed by atoms with E-state index in [9.17, 15) is 49.1 Å². The van der Waals surface area contributed by atoms with E-state index in [2.05, 4.69) is 10.2 Å². The van der Waals surface area contributed by atoms with Gasteiger partial charge in [-0.3, -0.25) is 13.7 Å². The molecule has 0 radical (unpaired) electrons. The Bertz CT molecular complexity index is 1930. The normalized spacial score (nSPS) is 13.1. The zero-order chi connectivity index (χ0) is 26.6. The van der Waals surface area contributed by atoms with Gasteiger partial charge in [-0.05, 0) is 23.6 Å². The number of phenolic OH excluding ortho intramolecular Hbond substituents is 2. The van der Waals surface area contributed by atoms with Crippen LogP contribution in [0.15, 0.2) is 79.5 Å². The Labute approximate surface area is 203 Å². The van der Waals surface area contributed by atoms with Crippen LogP contribution in [0.3, 0.4) is 0 Å². The van der Waals surface area contributed by atoms with Gasteiger partial charge in [0.15, 0.2) is 5.75 Å². The van der Waals surface area contributed by atoms with Crippen molar-refractivity contribution in [1.82, 2.24) is 0 Å². The fourth-order valence-corrected chi connectivity index (χ4v) is 5.37. The fraction of sp³-hybridized carbons (Fsp3) is 0. The minimum absolute atomic E-state index is 0.0114. The minimum Gasteiger partial charge on any atom is -0.506 e. The number of hydrogen-bond donors (Lipinski definition) is 5. The number of nitrogens with zero attached hydrogens (tertiary/aromatic N) is 2. The van der Waals surface area contributed by atoms with E-state index in [1.807, 2.05) is 0 Å². The standard InChI is InChI=1S/C20H14N2O11S3/c23-15-9-16(35(28,29)30)13-3-1-2-4-14(13)18(15)21-22-19-12-6-5-11(34(25,26)27)7-10(12)8-17(20(19)24)36(31,32)33/h1-9,23-24H,(H,25,26,27)(H,28,29,30)(H,31,32,33)/b22-21+. The molecule has 0 unspecified atom stereocenters. The van der Waals surface area contributed by atoms with E-state index >= 15 is 0 Å². The number of rotatable bonds is 5. The molecule has 0 aliphatic carbocycles. The predicted octanol–water partition coefficient (Wildman–Crippen LogP) is 3.56. The first-order chi connectivity index (χ1) is 16.6. The van der Waals surface area contributed by atoms with E-state index in [1.165, 1.54) is 24.3 Å². The molecule has 0 spiro atoms. The van der Waals surface area contributed by atoms with Crippen molar-refractivity contribution in [2.75, 3.05) is 0 Å². The number of azo groups is 1. The summed E-state index contributed by atoms with van der Waals surface area (Å²) in [4.78, 5) is -2.28. The number of aromatic hydroxyl groups is 2. The summed E-state index contributed by atoms with van der Waals surface area (Å²) in [5, 5.41) is 28.3. The molecule has 0 fully saturated rings. The van der Waals surface area contributed by atoms with E-state index in [1.54, 1.807) is 0 Å². The largest absolute Gasteiger partial charge is 0.506 e. The predicted molar refractivity (Wildman–Crippen MR) is 125 cm³/mol. The quantitative estimate of drug-likeness (QED) is 0.177. The van der Waals surface area contributed by atoms with Crippen LogP contribution in [0, 0.1) is 0 Å². The molecule has 4 aromatic rings. The Morgan fingerprint density at radius 2 is 1.17 bits per heavy atom. The van der Waals surface area contributed by atoms with E-state index in [0.717, 1.165) is 30.3 Å². The third kappa shape index (κ3) is 4.60. The molecule has 0 heterocycles. The van der Waals surface area contributed by atoms with Gasteiger partial charge in [0.2, 0.25) is 0 Å². The highest BCUT2D eigenvalue weighted by Crippen LogP contribution is 2.44. The third-order valence-corrected chi connectivity index (χ3v) is 7.69. The van der Waals surface area contributed by atoms with Crippen LogP contribution in [-0.2, 0) is 30.4 Å². The average Bonchev–Trinajstić information content (AvgIpc) is 2.76. The molecule has 188 valence electrons. The lowest BCUT2D eigenvalue weighted by atomic mass is 10.1. The van der Waals surface area contributed by atoms with Crippen LogP contribution in [-0.4, -0.2) is 49.1 Å². The monoisotopic (exact) mass is 554 g/mol. The zero-order valence-electron chi connectivity index (χ0n) is 17.5. The summed E-state index contributed by atoms with van der Waals surface area (Å²) in [6.07, 6.45) is 0. The van der Waals surface area contributed by atoms with Gasteiger partial charge < -0.3 is 10.2 Å². The van der Waals surface area contributed by atoms with Crippen molar-refractivity contribution >= 4 is 63.3 Å². The molecule has 4 aromatic carbocycles. The van der Waals surface area contributed by atoms with Gasteiger partial charge in [-0.15, -0.1) is 10.2 Å². The molecule has 16 heteroatoms. The number of phenols is 2. The van der Waals surface area contributed by atoms with Crippen molar-refractivity contribution in [3.05, 3.63) is 54.6 Å². The fourth-order valence-electron chi connectivity index (χ4n) is 3.52. The van der Waals surface area contributed by atoms with Crippen LogP contribution < -0.4 is 0 Å². The van der Waals surface area contributed by atoms with Crippen molar-refractivity contribution in [3.8, 4) is 11.5 Å². The van der Waals surface area contributed by atoms with Crippen LogP contribution in [0.2, 0.25) is 0 Å². The highest BCUT2D eigenvalue weighted by atomic mass is 32.2. The van der Waals surface area contributed by atoms with Crippen molar-refractivity contribution in [2.45, 2.75) is 14.7 Å². The van der Waals surface area contributed by atoms with Gasteiger partial charge in [0, 0.05) is 22.2 Å². The molecule has 0 saturated carbocycles. The van der Waals surface area contributed by atoms with Gasteiger partial charge >= 0.3 is 0 Å². The lowest BCUT2D eigenvalue weighted by molar-refractivity contribution is 0.444. The van der Waals surface area contributed by atoms with Crippen molar-refractivity contribution in [1.29, 1.82) is 0 Å². The highest BCUT2D eigenvalue weighted by molar-refractivity contribution is 7.86. The Hall–Kier alpha value is -3.67. The first kappa shape index (κ1) is 25.4. The first-order valence-corrected chi connectivity index (χ1v) is 13.8. The molecular weight excluding hydrogens is 540 g/mol. The lowest BCUT2D eigenvalue weighted by Crippen LogP contribution is -2.00. The molecule has 0 aliphatic heterocycles. The summed E-state index contributed by atoms with van der Waals surface area (Å²) >= 11 is 0. The zero-order valence-corrected chi connectivity index (χ0v) is 20.0. The molecule has 0 amide bonds. The van der Waals surface area contributed by atoms with Crippen molar-refractivity contribution < 1.29 is 49.1 Å². The summed E-state index contributed by atoms with van der Waals surface area (Å²) in [5.41, 5.74) is -0.887. The molecule has 0 aliphatic rings. The van der Waals surface area contributed by atoms with E-state index in [4.69, 9.17) is 0 Å². The van der Waals surface area contributed by atoms with Crippen molar-refractivity contribution in [2.24, 2.45) is 10.2 Å². The third-order valence-electron chi connectivity index (χ3n) is 5.08. The van der Waals surface area contributed by atoms with Crippen LogP contribution in [0.1, 0.15) is 0 Å². The maximum absolute atomic E-state index is 11.8. The molecular formula is C20H14N2O11S3. The number of fused-ring (bicyclic) bond motifs is 2. The molecule has 0 saturated heterocycles. The van der Waals surface area contributed by atoms with Crippen LogP contribution >= 0.6 is 0 Å². The van der Waals surface area contributed by atoms with Gasteiger partial charge in [0.05, 0.1) is 4.90 Å². The van der Waals surface area contributed by atoms with E-state index < -0.39 is 62.2 Å². The molecule has 13 nitrogen and oxygen atoms in total. The van der Waals surface area contributed by atoms with E-state index in [-0.39, 0.29) is 27.2 Å². The molecule has 0 bridgehead atoms. The van der Waals surface area contributed by atoms with Gasteiger partial charge in [-0.25, -0.2) is 0 Å². The maximum Gasteiger partial charge on any atom is 0.298 e.